The number of hydrogen-bond donors (Lipinski definition) is 2. The van der Waals surface area contributed by atoms with Crippen molar-refractivity contribution in [3.63, 3.8) is 0 Å². The fourth-order valence-electron chi connectivity index (χ4n) is 3.16. The van der Waals surface area contributed by atoms with Crippen molar-refractivity contribution in [1.82, 2.24) is 15.0 Å². The Morgan fingerprint density at radius 1 is 0.913 bits per heavy atom. The number of fused-ring (bicyclic) bond motifs is 4. The molecule has 23 heavy (non-hydrogen) atoms. The van der Waals surface area contributed by atoms with Crippen LogP contribution in [-0.4, -0.2) is 15.0 Å². The molecule has 0 saturated carbocycles. The molecule has 5 rings (SSSR count). The van der Waals surface area contributed by atoms with Gasteiger partial charge < -0.3 is 15.1 Å². The summed E-state index contributed by atoms with van der Waals surface area (Å²) in [6.45, 7) is 0. The number of rotatable bonds is 1. The van der Waals surface area contributed by atoms with Gasteiger partial charge in [-0.25, -0.2) is 9.97 Å². The van der Waals surface area contributed by atoms with E-state index in [2.05, 4.69) is 27.1 Å². The molecule has 5 nitrogen and oxygen atoms in total. The largest absolute Gasteiger partial charge is 0.455 e. The zero-order valence-corrected chi connectivity index (χ0v) is 12.1. The summed E-state index contributed by atoms with van der Waals surface area (Å²) < 4.78 is 6.10. The first-order valence-electron chi connectivity index (χ1n) is 7.31. The average Bonchev–Trinajstić information content (AvgIpc) is 3.16. The van der Waals surface area contributed by atoms with Gasteiger partial charge in [0.2, 0.25) is 0 Å². The molecule has 0 aliphatic heterocycles. The van der Waals surface area contributed by atoms with Crippen LogP contribution in [0.3, 0.4) is 0 Å². The zero-order valence-electron chi connectivity index (χ0n) is 12.1. The third kappa shape index (κ3) is 1.61. The first-order chi connectivity index (χ1) is 11.3. The van der Waals surface area contributed by atoms with Crippen molar-refractivity contribution in [2.24, 2.45) is 0 Å². The zero-order chi connectivity index (χ0) is 15.4. The predicted molar refractivity (Wildman–Crippen MR) is 91.0 cm³/mol. The van der Waals surface area contributed by atoms with E-state index >= 15 is 0 Å². The van der Waals surface area contributed by atoms with Gasteiger partial charge in [-0.05, 0) is 6.07 Å². The van der Waals surface area contributed by atoms with Gasteiger partial charge in [0, 0.05) is 28.1 Å². The van der Waals surface area contributed by atoms with Gasteiger partial charge in [0.1, 0.15) is 29.0 Å². The minimum atomic E-state index is 0.458. The Hall–Kier alpha value is -3.34. The molecule has 0 spiro atoms. The second-order valence-corrected chi connectivity index (χ2v) is 5.47. The lowest BCUT2D eigenvalue weighted by molar-refractivity contribution is 0.670. The maximum absolute atomic E-state index is 6.10. The van der Waals surface area contributed by atoms with Crippen LogP contribution < -0.4 is 5.73 Å². The number of nitrogen functional groups attached to an aromatic ring is 1. The Kier molecular flexibility index (Phi) is 2.30. The number of benzene rings is 2. The van der Waals surface area contributed by atoms with Gasteiger partial charge in [-0.1, -0.05) is 36.4 Å². The van der Waals surface area contributed by atoms with Gasteiger partial charge in [0.25, 0.3) is 0 Å². The Morgan fingerprint density at radius 2 is 1.78 bits per heavy atom. The van der Waals surface area contributed by atoms with Crippen molar-refractivity contribution in [1.29, 1.82) is 0 Å². The van der Waals surface area contributed by atoms with E-state index in [9.17, 15) is 0 Å². The van der Waals surface area contributed by atoms with Crippen LogP contribution in [0.4, 0.5) is 5.82 Å². The molecule has 5 aromatic rings. The highest BCUT2D eigenvalue weighted by Crippen LogP contribution is 2.38. The topological polar surface area (TPSA) is 80.7 Å². The van der Waals surface area contributed by atoms with E-state index in [0.29, 0.717) is 5.82 Å². The molecule has 0 aliphatic carbocycles. The molecule has 0 aliphatic rings. The van der Waals surface area contributed by atoms with Gasteiger partial charge in [-0.3, -0.25) is 0 Å². The number of anilines is 1. The molecule has 3 N–H and O–H groups in total. The van der Waals surface area contributed by atoms with E-state index in [0.717, 1.165) is 44.1 Å². The number of nitrogens with one attached hydrogen (secondary N) is 1. The van der Waals surface area contributed by atoms with Gasteiger partial charge in [0.05, 0.1) is 5.39 Å². The summed E-state index contributed by atoms with van der Waals surface area (Å²) in [5.74, 6) is 0.458. The minimum absolute atomic E-state index is 0.458. The fourth-order valence-corrected chi connectivity index (χ4v) is 3.16. The number of H-pyrrole nitrogens is 1. The van der Waals surface area contributed by atoms with Crippen molar-refractivity contribution in [3.8, 4) is 11.1 Å². The number of hydrogen-bond acceptors (Lipinski definition) is 4. The molecule has 5 heteroatoms. The standard InChI is InChI=1S/C18H12N4O/c19-17-15-13(8-20-18(15)22-9-21-17)12-6-3-5-11-10-4-1-2-7-14(10)23-16(11)12/h1-9H,(H3,19,20,21,22). The second kappa shape index (κ2) is 4.33. The van der Waals surface area contributed by atoms with Gasteiger partial charge >= 0.3 is 0 Å². The van der Waals surface area contributed by atoms with Gasteiger partial charge in [-0.15, -0.1) is 0 Å². The number of nitrogens with zero attached hydrogens (tertiary/aromatic N) is 2. The molecular weight excluding hydrogens is 288 g/mol. The highest BCUT2D eigenvalue weighted by molar-refractivity contribution is 6.12. The molecule has 0 saturated heterocycles. The summed E-state index contributed by atoms with van der Waals surface area (Å²) in [6.07, 6.45) is 3.36. The molecule has 0 amide bonds. The van der Waals surface area contributed by atoms with Crippen LogP contribution in [0, 0.1) is 0 Å². The quantitative estimate of drug-likeness (QED) is 0.488. The monoisotopic (exact) mass is 300 g/mol. The lowest BCUT2D eigenvalue weighted by Crippen LogP contribution is -1.92. The first kappa shape index (κ1) is 12.2. The SMILES string of the molecule is Nc1ncnc2[nH]cc(-c3cccc4c3oc3ccccc34)c12. The van der Waals surface area contributed by atoms with Gasteiger partial charge in [-0.2, -0.15) is 0 Å². The maximum Gasteiger partial charge on any atom is 0.143 e. The van der Waals surface area contributed by atoms with E-state index in [1.807, 2.05) is 36.5 Å². The number of aromatic amines is 1. The number of aromatic nitrogens is 3. The van der Waals surface area contributed by atoms with E-state index in [1.165, 1.54) is 6.33 Å². The number of furan rings is 1. The van der Waals surface area contributed by atoms with Crippen LogP contribution in [-0.2, 0) is 0 Å². The molecule has 2 aromatic carbocycles. The minimum Gasteiger partial charge on any atom is -0.455 e. The van der Waals surface area contributed by atoms with Crippen molar-refractivity contribution >= 4 is 38.8 Å². The van der Waals surface area contributed by atoms with Gasteiger partial charge in [0.15, 0.2) is 0 Å². The summed E-state index contributed by atoms with van der Waals surface area (Å²) in [6, 6.07) is 14.2. The normalized spacial score (nSPS) is 11.7. The Labute approximate surface area is 130 Å². The average molecular weight is 300 g/mol. The molecule has 0 atom stereocenters. The molecular formula is C18H12N4O. The van der Waals surface area contributed by atoms with Crippen molar-refractivity contribution < 1.29 is 4.42 Å². The van der Waals surface area contributed by atoms with Crippen molar-refractivity contribution in [2.75, 3.05) is 5.73 Å². The van der Waals surface area contributed by atoms with Crippen molar-refractivity contribution in [3.05, 3.63) is 55.0 Å². The summed E-state index contributed by atoms with van der Waals surface area (Å²) >= 11 is 0. The Bertz CT molecular complexity index is 1190. The molecule has 0 fully saturated rings. The molecule has 3 aromatic heterocycles. The molecule has 0 radical (unpaired) electrons. The first-order valence-corrected chi connectivity index (χ1v) is 7.31. The summed E-state index contributed by atoms with van der Waals surface area (Å²) in [5, 5.41) is 3.01. The Balaban J connectivity index is 1.93. The van der Waals surface area contributed by atoms with Crippen molar-refractivity contribution in [2.45, 2.75) is 0 Å². The van der Waals surface area contributed by atoms with E-state index in [1.54, 1.807) is 0 Å². The Morgan fingerprint density at radius 3 is 2.74 bits per heavy atom. The molecule has 0 bridgehead atoms. The lowest BCUT2D eigenvalue weighted by atomic mass is 10.0. The van der Waals surface area contributed by atoms with Crippen LogP contribution in [0.25, 0.3) is 44.1 Å². The van der Waals surface area contributed by atoms with Crippen LogP contribution in [0.5, 0.6) is 0 Å². The van der Waals surface area contributed by atoms with E-state index in [-0.39, 0.29) is 0 Å². The van der Waals surface area contributed by atoms with E-state index in [4.69, 9.17) is 10.2 Å². The number of nitrogens with two attached hydrogens (primary N) is 1. The summed E-state index contributed by atoms with van der Waals surface area (Å²) in [4.78, 5) is 11.5. The maximum atomic E-state index is 6.10. The second-order valence-electron chi connectivity index (χ2n) is 5.47. The summed E-state index contributed by atoms with van der Waals surface area (Å²) in [7, 11) is 0. The molecule has 0 unspecified atom stereocenters. The molecule has 110 valence electrons. The van der Waals surface area contributed by atoms with E-state index < -0.39 is 0 Å². The van der Waals surface area contributed by atoms with Crippen LogP contribution in [0.1, 0.15) is 0 Å². The van der Waals surface area contributed by atoms with Crippen LogP contribution >= 0.6 is 0 Å². The smallest absolute Gasteiger partial charge is 0.143 e. The highest BCUT2D eigenvalue weighted by atomic mass is 16.3. The lowest BCUT2D eigenvalue weighted by Gasteiger charge is -2.02. The number of para-hydroxylation sites is 2. The molecule has 3 heterocycles. The third-order valence-electron chi connectivity index (χ3n) is 4.19. The van der Waals surface area contributed by atoms with Crippen LogP contribution in [0.15, 0.2) is 59.4 Å². The fraction of sp³-hybridized carbons (Fsp3) is 0. The third-order valence-corrected chi connectivity index (χ3v) is 4.19. The predicted octanol–water partition coefficient (Wildman–Crippen LogP) is 4.11. The van der Waals surface area contributed by atoms with Crippen LogP contribution in [0.2, 0.25) is 0 Å². The highest BCUT2D eigenvalue weighted by Gasteiger charge is 2.16. The summed E-state index contributed by atoms with van der Waals surface area (Å²) in [5.41, 5.74) is 10.4.